The molecular weight excluding hydrogens is 294 g/mol. The van der Waals surface area contributed by atoms with E-state index in [0.29, 0.717) is 18.5 Å². The Morgan fingerprint density at radius 3 is 2.43 bits per heavy atom. The van der Waals surface area contributed by atoms with E-state index in [-0.39, 0.29) is 31.0 Å². The first-order valence-corrected chi connectivity index (χ1v) is 7.99. The summed E-state index contributed by atoms with van der Waals surface area (Å²) in [6.45, 7) is 4.35. The molecule has 0 bridgehead atoms. The van der Waals surface area contributed by atoms with Gasteiger partial charge in [-0.1, -0.05) is 24.1 Å². The molecule has 1 rings (SSSR count). The van der Waals surface area contributed by atoms with Crippen molar-refractivity contribution in [2.75, 3.05) is 6.54 Å². The van der Waals surface area contributed by atoms with Crippen LogP contribution in [0.1, 0.15) is 60.0 Å². The maximum atomic E-state index is 12.2. The predicted molar refractivity (Wildman–Crippen MR) is 88.6 cm³/mol. The minimum absolute atomic E-state index is 0.0113. The maximum absolute atomic E-state index is 12.2. The van der Waals surface area contributed by atoms with Crippen LogP contribution in [0.25, 0.3) is 0 Å². The second-order valence-electron chi connectivity index (χ2n) is 5.80. The van der Waals surface area contributed by atoms with E-state index < -0.39 is 5.97 Å². The number of amides is 1. The topological polar surface area (TPSA) is 83.5 Å². The molecule has 1 amide bonds. The number of ketones is 1. The number of rotatable bonds is 10. The van der Waals surface area contributed by atoms with Gasteiger partial charge in [-0.05, 0) is 38.3 Å². The largest absolute Gasteiger partial charge is 0.481 e. The van der Waals surface area contributed by atoms with Gasteiger partial charge >= 0.3 is 5.97 Å². The molecule has 0 fully saturated rings. The standard InChI is InChI=1S/C18H25NO4/c1-13-7-8-14(2)15(12-13)16(20)9-10-17(21)19-11-5-3-4-6-18(22)23/h7-8,12H,3-6,9-11H2,1-2H3,(H,19,21)(H,22,23). The SMILES string of the molecule is Cc1ccc(C)c(C(=O)CCC(=O)NCCCCCC(=O)O)c1. The van der Waals surface area contributed by atoms with Gasteiger partial charge < -0.3 is 10.4 Å². The third-order valence-corrected chi connectivity index (χ3v) is 3.66. The van der Waals surface area contributed by atoms with Crippen LogP contribution in [-0.4, -0.2) is 29.3 Å². The molecule has 0 saturated heterocycles. The molecule has 0 aromatic heterocycles. The fourth-order valence-electron chi connectivity index (χ4n) is 2.29. The van der Waals surface area contributed by atoms with Gasteiger partial charge in [0.25, 0.3) is 0 Å². The van der Waals surface area contributed by atoms with Crippen molar-refractivity contribution >= 4 is 17.7 Å². The Kier molecular flexibility index (Phi) is 8.02. The van der Waals surface area contributed by atoms with Crippen molar-refractivity contribution in [3.05, 3.63) is 34.9 Å². The summed E-state index contributed by atoms with van der Waals surface area (Å²) < 4.78 is 0. The van der Waals surface area contributed by atoms with E-state index >= 15 is 0 Å². The van der Waals surface area contributed by atoms with Gasteiger partial charge in [0.2, 0.25) is 5.91 Å². The molecule has 5 nitrogen and oxygen atoms in total. The molecule has 0 aliphatic rings. The maximum Gasteiger partial charge on any atom is 0.303 e. The van der Waals surface area contributed by atoms with E-state index in [0.717, 1.165) is 24.0 Å². The third-order valence-electron chi connectivity index (χ3n) is 3.66. The van der Waals surface area contributed by atoms with Crippen LogP contribution < -0.4 is 5.32 Å². The molecule has 0 heterocycles. The van der Waals surface area contributed by atoms with Crippen LogP contribution in [0.5, 0.6) is 0 Å². The third kappa shape index (κ3) is 7.58. The van der Waals surface area contributed by atoms with Crippen molar-refractivity contribution in [1.82, 2.24) is 5.32 Å². The summed E-state index contributed by atoms with van der Waals surface area (Å²) in [4.78, 5) is 34.2. The van der Waals surface area contributed by atoms with Crippen molar-refractivity contribution in [3.8, 4) is 0 Å². The number of carboxylic acid groups (broad SMARTS) is 1. The fourth-order valence-corrected chi connectivity index (χ4v) is 2.29. The minimum atomic E-state index is -0.793. The average Bonchev–Trinajstić information content (AvgIpc) is 2.50. The summed E-state index contributed by atoms with van der Waals surface area (Å²) in [7, 11) is 0. The lowest BCUT2D eigenvalue weighted by molar-refractivity contribution is -0.137. The summed E-state index contributed by atoms with van der Waals surface area (Å²) in [5.41, 5.74) is 2.65. The van der Waals surface area contributed by atoms with Crippen LogP contribution in [-0.2, 0) is 9.59 Å². The van der Waals surface area contributed by atoms with Gasteiger partial charge in [-0.15, -0.1) is 0 Å². The molecule has 0 spiro atoms. The Hall–Kier alpha value is -2.17. The first-order chi connectivity index (χ1) is 10.9. The lowest BCUT2D eigenvalue weighted by Crippen LogP contribution is -2.24. The van der Waals surface area contributed by atoms with Crippen molar-refractivity contribution in [2.24, 2.45) is 0 Å². The number of hydrogen-bond acceptors (Lipinski definition) is 3. The van der Waals surface area contributed by atoms with Gasteiger partial charge in [0.05, 0.1) is 0 Å². The number of nitrogens with one attached hydrogen (secondary N) is 1. The molecule has 2 N–H and O–H groups in total. The molecule has 0 aliphatic heterocycles. The highest BCUT2D eigenvalue weighted by molar-refractivity contribution is 5.99. The number of carbonyl (C=O) groups excluding carboxylic acids is 2. The summed E-state index contributed by atoms with van der Waals surface area (Å²) in [6, 6.07) is 5.74. The zero-order valence-corrected chi connectivity index (χ0v) is 13.9. The number of unbranched alkanes of at least 4 members (excludes halogenated alkanes) is 2. The van der Waals surface area contributed by atoms with Gasteiger partial charge in [-0.25, -0.2) is 0 Å². The highest BCUT2D eigenvalue weighted by Gasteiger charge is 2.11. The number of benzene rings is 1. The molecule has 0 radical (unpaired) electrons. The van der Waals surface area contributed by atoms with Crippen LogP contribution >= 0.6 is 0 Å². The predicted octanol–water partition coefficient (Wildman–Crippen LogP) is 3.03. The zero-order chi connectivity index (χ0) is 17.2. The molecule has 1 aromatic rings. The van der Waals surface area contributed by atoms with E-state index in [9.17, 15) is 14.4 Å². The van der Waals surface area contributed by atoms with E-state index in [1.54, 1.807) is 0 Å². The van der Waals surface area contributed by atoms with Crippen molar-refractivity contribution in [2.45, 2.75) is 52.4 Å². The number of carboxylic acids is 1. The van der Waals surface area contributed by atoms with E-state index in [4.69, 9.17) is 5.11 Å². The molecule has 1 aromatic carbocycles. The van der Waals surface area contributed by atoms with Gasteiger partial charge in [-0.3, -0.25) is 14.4 Å². The number of carbonyl (C=O) groups is 3. The van der Waals surface area contributed by atoms with Gasteiger partial charge in [0.15, 0.2) is 5.78 Å². The van der Waals surface area contributed by atoms with E-state index in [1.807, 2.05) is 32.0 Å². The zero-order valence-electron chi connectivity index (χ0n) is 13.9. The Morgan fingerprint density at radius 2 is 1.74 bits per heavy atom. The quantitative estimate of drug-likeness (QED) is 0.513. The first kappa shape index (κ1) is 18.9. The van der Waals surface area contributed by atoms with Crippen LogP contribution in [0.15, 0.2) is 18.2 Å². The summed E-state index contributed by atoms with van der Waals surface area (Å²) in [6.07, 6.45) is 2.70. The number of aliphatic carboxylic acids is 1. The van der Waals surface area contributed by atoms with Crippen LogP contribution in [0.3, 0.4) is 0 Å². The van der Waals surface area contributed by atoms with Gasteiger partial charge in [0.1, 0.15) is 0 Å². The van der Waals surface area contributed by atoms with Crippen molar-refractivity contribution < 1.29 is 19.5 Å². The lowest BCUT2D eigenvalue weighted by Gasteiger charge is -2.07. The molecule has 0 aliphatic carbocycles. The molecule has 23 heavy (non-hydrogen) atoms. The normalized spacial score (nSPS) is 10.3. The van der Waals surface area contributed by atoms with Crippen LogP contribution in [0.2, 0.25) is 0 Å². The lowest BCUT2D eigenvalue weighted by atomic mass is 9.99. The average molecular weight is 319 g/mol. The Bertz CT molecular complexity index is 566. The molecule has 5 heteroatoms. The van der Waals surface area contributed by atoms with Crippen molar-refractivity contribution in [1.29, 1.82) is 0 Å². The van der Waals surface area contributed by atoms with Crippen LogP contribution in [0.4, 0.5) is 0 Å². The van der Waals surface area contributed by atoms with Gasteiger partial charge in [0, 0.05) is 31.4 Å². The summed E-state index contributed by atoms with van der Waals surface area (Å²) >= 11 is 0. The first-order valence-electron chi connectivity index (χ1n) is 7.99. The van der Waals surface area contributed by atoms with E-state index in [1.165, 1.54) is 0 Å². The summed E-state index contributed by atoms with van der Waals surface area (Å²) in [5.74, 6) is -0.941. The molecule has 0 unspecified atom stereocenters. The monoisotopic (exact) mass is 319 g/mol. The minimum Gasteiger partial charge on any atom is -0.481 e. The Balaban J connectivity index is 2.24. The highest BCUT2D eigenvalue weighted by Crippen LogP contribution is 2.13. The molecule has 0 saturated carbocycles. The molecule has 126 valence electrons. The Morgan fingerprint density at radius 1 is 1.00 bits per heavy atom. The second kappa shape index (κ2) is 9.77. The second-order valence-corrected chi connectivity index (χ2v) is 5.80. The van der Waals surface area contributed by atoms with Gasteiger partial charge in [-0.2, -0.15) is 0 Å². The smallest absolute Gasteiger partial charge is 0.303 e. The molecule has 0 atom stereocenters. The fraction of sp³-hybridized carbons (Fsp3) is 0.500. The summed E-state index contributed by atoms with van der Waals surface area (Å²) in [5, 5.41) is 11.3. The molecular formula is C18H25NO4. The Labute approximate surface area is 137 Å². The number of aryl methyl sites for hydroxylation is 2. The van der Waals surface area contributed by atoms with Crippen molar-refractivity contribution in [3.63, 3.8) is 0 Å². The number of hydrogen-bond donors (Lipinski definition) is 2. The highest BCUT2D eigenvalue weighted by atomic mass is 16.4. The number of Topliss-reactive ketones (excluding diaryl/α,β-unsaturated/α-hetero) is 1. The van der Waals surface area contributed by atoms with Crippen LogP contribution in [0, 0.1) is 13.8 Å². The van der Waals surface area contributed by atoms with E-state index in [2.05, 4.69) is 5.32 Å².